The maximum absolute atomic E-state index is 11.9. The third kappa shape index (κ3) is 4.04. The molecule has 1 amide bonds. The van der Waals surface area contributed by atoms with Crippen molar-refractivity contribution >= 4 is 28.1 Å². The van der Waals surface area contributed by atoms with E-state index in [9.17, 15) is 9.90 Å². The summed E-state index contributed by atoms with van der Waals surface area (Å²) >= 11 is 1.60. The number of aryl methyl sites for hydroxylation is 1. The molecule has 0 bridgehead atoms. The first-order valence-corrected chi connectivity index (χ1v) is 10.7. The zero-order valence-corrected chi connectivity index (χ0v) is 17.3. The number of piperidine rings is 1. The molecule has 29 heavy (non-hydrogen) atoms. The van der Waals surface area contributed by atoms with E-state index in [4.69, 9.17) is 4.98 Å². The van der Waals surface area contributed by atoms with Crippen LogP contribution in [0, 0.1) is 6.92 Å². The smallest absolute Gasteiger partial charge is 0.248 e. The molecule has 2 N–H and O–H groups in total. The number of benzene rings is 2. The van der Waals surface area contributed by atoms with Crippen molar-refractivity contribution < 1.29 is 9.90 Å². The number of rotatable bonds is 5. The molecule has 2 aromatic carbocycles. The van der Waals surface area contributed by atoms with Crippen molar-refractivity contribution in [2.24, 2.45) is 0 Å². The quantitative estimate of drug-likeness (QED) is 0.668. The fraction of sp³-hybridized carbons (Fsp3) is 0.304. The van der Waals surface area contributed by atoms with Crippen molar-refractivity contribution in [3.63, 3.8) is 0 Å². The zero-order valence-electron chi connectivity index (χ0n) is 16.5. The van der Waals surface area contributed by atoms with Crippen LogP contribution in [-0.2, 0) is 10.2 Å². The predicted octanol–water partition coefficient (Wildman–Crippen LogP) is 4.10. The lowest BCUT2D eigenvalue weighted by Gasteiger charge is -2.41. The summed E-state index contributed by atoms with van der Waals surface area (Å²) in [7, 11) is 0. The van der Waals surface area contributed by atoms with Crippen molar-refractivity contribution in [1.82, 2.24) is 9.88 Å². The van der Waals surface area contributed by atoms with Gasteiger partial charge in [0.2, 0.25) is 5.91 Å². The van der Waals surface area contributed by atoms with Crippen LogP contribution in [0.3, 0.4) is 0 Å². The number of thiazole rings is 1. The first-order valence-electron chi connectivity index (χ1n) is 9.84. The van der Waals surface area contributed by atoms with Gasteiger partial charge < -0.3 is 15.3 Å². The molecule has 0 atom stereocenters. The van der Waals surface area contributed by atoms with Gasteiger partial charge in [-0.3, -0.25) is 4.79 Å². The molecule has 0 unspecified atom stereocenters. The average Bonchev–Trinajstić information content (AvgIpc) is 3.24. The lowest BCUT2D eigenvalue weighted by molar-refractivity contribution is -0.135. The largest absolute Gasteiger partial charge is 0.387 e. The van der Waals surface area contributed by atoms with Crippen LogP contribution >= 0.6 is 11.3 Å². The van der Waals surface area contributed by atoms with Crippen molar-refractivity contribution in [2.75, 3.05) is 25.0 Å². The summed E-state index contributed by atoms with van der Waals surface area (Å²) in [4.78, 5) is 18.6. The van der Waals surface area contributed by atoms with Crippen LogP contribution in [0.2, 0.25) is 0 Å². The van der Waals surface area contributed by atoms with E-state index in [1.165, 1.54) is 11.1 Å². The van der Waals surface area contributed by atoms with Gasteiger partial charge in [-0.05, 0) is 37.5 Å². The fourth-order valence-corrected chi connectivity index (χ4v) is 4.83. The van der Waals surface area contributed by atoms with Crippen molar-refractivity contribution in [3.8, 4) is 0 Å². The Kier molecular flexibility index (Phi) is 5.65. The lowest BCUT2D eigenvalue weighted by Crippen LogP contribution is -2.46. The molecule has 1 saturated heterocycles. The third-order valence-electron chi connectivity index (χ3n) is 5.73. The molecular formula is C23H25N3O2S. The second-order valence-electron chi connectivity index (χ2n) is 7.52. The number of hydrogen-bond donors (Lipinski definition) is 2. The van der Waals surface area contributed by atoms with Gasteiger partial charge in [0.05, 0.1) is 5.69 Å². The molecule has 3 aromatic rings. The summed E-state index contributed by atoms with van der Waals surface area (Å²) in [6.45, 7) is 2.88. The molecule has 150 valence electrons. The van der Waals surface area contributed by atoms with Gasteiger partial charge in [0, 0.05) is 29.6 Å². The van der Waals surface area contributed by atoms with Gasteiger partial charge in [0.25, 0.3) is 0 Å². The molecule has 0 saturated carbocycles. The molecule has 1 fully saturated rings. The van der Waals surface area contributed by atoms with E-state index in [-0.39, 0.29) is 11.3 Å². The standard InChI is InChI=1S/C23H25N3O2S/c1-17-7-9-19(10-8-17)24-22-25-20(16-29-22)23(18-5-3-2-4-6-18)11-13-26(14-12-23)21(28)15-27/h2-10,16,27H,11-15H2,1H3,(H,24,25). The van der Waals surface area contributed by atoms with Crippen LogP contribution in [0.15, 0.2) is 60.0 Å². The van der Waals surface area contributed by atoms with Crippen LogP contribution in [0.5, 0.6) is 0 Å². The van der Waals surface area contributed by atoms with E-state index >= 15 is 0 Å². The highest BCUT2D eigenvalue weighted by atomic mass is 32.1. The number of hydrogen-bond acceptors (Lipinski definition) is 5. The highest BCUT2D eigenvalue weighted by Gasteiger charge is 2.40. The number of nitrogens with zero attached hydrogens (tertiary/aromatic N) is 2. The predicted molar refractivity (Wildman–Crippen MR) is 117 cm³/mol. The highest BCUT2D eigenvalue weighted by molar-refractivity contribution is 7.13. The third-order valence-corrected chi connectivity index (χ3v) is 6.49. The first kappa shape index (κ1) is 19.6. The van der Waals surface area contributed by atoms with Crippen LogP contribution in [0.25, 0.3) is 0 Å². The van der Waals surface area contributed by atoms with Gasteiger partial charge in [-0.1, -0.05) is 48.0 Å². The first-order chi connectivity index (χ1) is 14.1. The van der Waals surface area contributed by atoms with Gasteiger partial charge in [0.1, 0.15) is 6.61 Å². The minimum atomic E-state index is -0.431. The van der Waals surface area contributed by atoms with Crippen molar-refractivity contribution in [2.45, 2.75) is 25.2 Å². The molecule has 4 rings (SSSR count). The summed E-state index contributed by atoms with van der Waals surface area (Å²) in [5.74, 6) is -0.202. The maximum atomic E-state index is 11.9. The molecule has 6 heteroatoms. The second-order valence-corrected chi connectivity index (χ2v) is 8.37. The summed E-state index contributed by atoms with van der Waals surface area (Å²) in [5.41, 5.74) is 4.29. The van der Waals surface area contributed by atoms with E-state index in [1.54, 1.807) is 16.2 Å². The Morgan fingerprint density at radius 3 is 2.48 bits per heavy atom. The van der Waals surface area contributed by atoms with Crippen LogP contribution in [0.4, 0.5) is 10.8 Å². The molecule has 0 radical (unpaired) electrons. The number of likely N-dealkylation sites (tertiary alicyclic amines) is 1. The molecule has 1 aromatic heterocycles. The number of anilines is 2. The van der Waals surface area contributed by atoms with Gasteiger partial charge in [-0.25, -0.2) is 4.98 Å². The Labute approximate surface area is 175 Å². The SMILES string of the molecule is Cc1ccc(Nc2nc(C3(c4ccccc4)CCN(C(=O)CO)CC3)cs2)cc1. The van der Waals surface area contributed by atoms with E-state index in [0.29, 0.717) is 13.1 Å². The van der Waals surface area contributed by atoms with Gasteiger partial charge in [0.15, 0.2) is 5.13 Å². The Morgan fingerprint density at radius 1 is 1.14 bits per heavy atom. The van der Waals surface area contributed by atoms with Gasteiger partial charge >= 0.3 is 0 Å². The molecule has 1 aliphatic rings. The van der Waals surface area contributed by atoms with Crippen LogP contribution < -0.4 is 5.32 Å². The minimum Gasteiger partial charge on any atom is -0.387 e. The number of aliphatic hydroxyl groups excluding tert-OH is 1. The molecular weight excluding hydrogens is 382 g/mol. The van der Waals surface area contributed by atoms with Crippen LogP contribution in [-0.4, -0.2) is 40.6 Å². The molecule has 2 heterocycles. The average molecular weight is 408 g/mol. The Bertz CT molecular complexity index is 961. The number of carbonyl (C=O) groups is 1. The minimum absolute atomic E-state index is 0.202. The monoisotopic (exact) mass is 407 g/mol. The Balaban J connectivity index is 1.62. The summed E-state index contributed by atoms with van der Waals surface area (Å²) in [6.07, 6.45) is 1.58. The van der Waals surface area contributed by atoms with E-state index < -0.39 is 6.61 Å². The van der Waals surface area contributed by atoms with Crippen molar-refractivity contribution in [1.29, 1.82) is 0 Å². The van der Waals surface area contributed by atoms with Gasteiger partial charge in [-0.15, -0.1) is 11.3 Å². The maximum Gasteiger partial charge on any atom is 0.248 e. The van der Waals surface area contributed by atoms with E-state index in [2.05, 4.69) is 66.2 Å². The Morgan fingerprint density at radius 2 is 1.83 bits per heavy atom. The van der Waals surface area contributed by atoms with E-state index in [0.717, 1.165) is 29.4 Å². The molecule has 0 spiro atoms. The van der Waals surface area contributed by atoms with E-state index in [1.807, 2.05) is 6.07 Å². The molecule has 5 nitrogen and oxygen atoms in total. The highest BCUT2D eigenvalue weighted by Crippen LogP contribution is 2.42. The topological polar surface area (TPSA) is 65.5 Å². The number of aromatic nitrogens is 1. The number of amides is 1. The summed E-state index contributed by atoms with van der Waals surface area (Å²) in [6, 6.07) is 18.7. The molecule has 1 aliphatic heterocycles. The fourth-order valence-electron chi connectivity index (χ4n) is 4.00. The normalized spacial score (nSPS) is 15.9. The summed E-state index contributed by atoms with van der Waals surface area (Å²) < 4.78 is 0. The van der Waals surface area contributed by atoms with Gasteiger partial charge in [-0.2, -0.15) is 0 Å². The second kappa shape index (κ2) is 8.35. The summed E-state index contributed by atoms with van der Waals surface area (Å²) in [5, 5.41) is 15.6. The number of nitrogens with one attached hydrogen (secondary N) is 1. The van der Waals surface area contributed by atoms with Crippen LogP contribution in [0.1, 0.15) is 29.7 Å². The number of aliphatic hydroxyl groups is 1. The molecule has 0 aliphatic carbocycles. The lowest BCUT2D eigenvalue weighted by atomic mass is 9.70. The zero-order chi connectivity index (χ0) is 20.3. The van der Waals surface area contributed by atoms with Crippen molar-refractivity contribution in [3.05, 3.63) is 76.8 Å². The number of carbonyl (C=O) groups excluding carboxylic acids is 1. The Hall–Kier alpha value is -2.70.